The number of hydrogen-bond acceptors (Lipinski definition) is 3. The Bertz CT molecular complexity index is 377. The second-order valence-corrected chi connectivity index (χ2v) is 3.81. The molecule has 0 unspecified atom stereocenters. The molecule has 5 nitrogen and oxygen atoms in total. The third kappa shape index (κ3) is 3.20. The highest BCUT2D eigenvalue weighted by Crippen LogP contribution is 2.22. The molecule has 0 atom stereocenters. The van der Waals surface area contributed by atoms with Gasteiger partial charge in [0.15, 0.2) is 0 Å². The van der Waals surface area contributed by atoms with Crippen molar-refractivity contribution >= 4 is 11.8 Å². The summed E-state index contributed by atoms with van der Waals surface area (Å²) in [6.07, 6.45) is 0. The number of carbonyl (C=O) groups is 1. The molecule has 88 valence electrons. The largest absolute Gasteiger partial charge is 0.344 e. The molecule has 0 radical (unpaired) electrons. The second-order valence-electron chi connectivity index (χ2n) is 3.81. The molecule has 1 rings (SSSR count). The molecule has 0 fully saturated rings. The fourth-order valence-corrected chi connectivity index (χ4v) is 1.36. The number of aromatic nitrogens is 1. The van der Waals surface area contributed by atoms with Gasteiger partial charge in [-0.25, -0.2) is 15.3 Å². The van der Waals surface area contributed by atoms with E-state index < -0.39 is 6.03 Å². The van der Waals surface area contributed by atoms with Gasteiger partial charge < -0.3 is 0 Å². The molecular formula is C11H17N3O2. The Kier molecular flexibility index (Phi) is 4.25. The van der Waals surface area contributed by atoms with Gasteiger partial charge in [-0.2, -0.15) is 0 Å². The van der Waals surface area contributed by atoms with E-state index in [4.69, 9.17) is 0 Å². The zero-order chi connectivity index (χ0) is 12.1. The van der Waals surface area contributed by atoms with Crippen LogP contribution in [-0.4, -0.2) is 18.1 Å². The van der Waals surface area contributed by atoms with Crippen LogP contribution >= 0.6 is 0 Å². The lowest BCUT2D eigenvalue weighted by Crippen LogP contribution is -2.28. The molecule has 0 aliphatic carbocycles. The third-order valence-corrected chi connectivity index (χ3v) is 2.11. The molecule has 2 amide bonds. The first kappa shape index (κ1) is 12.4. The number of carbonyl (C=O) groups excluding carboxylic acids is 1. The van der Waals surface area contributed by atoms with Gasteiger partial charge >= 0.3 is 6.03 Å². The van der Waals surface area contributed by atoms with Gasteiger partial charge in [0.05, 0.1) is 7.11 Å². The Labute approximate surface area is 95.2 Å². The highest BCUT2D eigenvalue weighted by molar-refractivity contribution is 5.88. The number of hydroxylamine groups is 1. The summed E-state index contributed by atoms with van der Waals surface area (Å²) in [5.41, 5.74) is 4.05. The predicted octanol–water partition coefficient (Wildman–Crippen LogP) is 2.20. The standard InChI is InChI=1S/C11H17N3O2/c1-7(2)9-6-5-8(3)12-10(9)13-11(15)14-16-4/h5-7H,1-4H3,(H2,12,13,14,15). The summed E-state index contributed by atoms with van der Waals surface area (Å²) in [5.74, 6) is 0.871. The molecule has 0 saturated heterocycles. The maximum Gasteiger partial charge on any atom is 0.344 e. The number of nitrogens with one attached hydrogen (secondary N) is 2. The van der Waals surface area contributed by atoms with E-state index in [1.54, 1.807) is 0 Å². The Morgan fingerprint density at radius 3 is 2.69 bits per heavy atom. The van der Waals surface area contributed by atoms with E-state index in [-0.39, 0.29) is 0 Å². The average molecular weight is 223 g/mol. The van der Waals surface area contributed by atoms with Crippen molar-refractivity contribution in [2.24, 2.45) is 0 Å². The lowest BCUT2D eigenvalue weighted by molar-refractivity contribution is 0.114. The number of anilines is 1. The van der Waals surface area contributed by atoms with Gasteiger partial charge in [-0.1, -0.05) is 19.9 Å². The van der Waals surface area contributed by atoms with Gasteiger partial charge in [0.25, 0.3) is 0 Å². The molecule has 1 aromatic heterocycles. The number of aryl methyl sites for hydroxylation is 1. The number of pyridine rings is 1. The zero-order valence-corrected chi connectivity index (χ0v) is 10.00. The van der Waals surface area contributed by atoms with Gasteiger partial charge in [0.2, 0.25) is 0 Å². The normalized spacial score (nSPS) is 10.3. The minimum Gasteiger partial charge on any atom is -0.290 e. The second kappa shape index (κ2) is 5.46. The van der Waals surface area contributed by atoms with Crippen LogP contribution in [0.3, 0.4) is 0 Å². The third-order valence-electron chi connectivity index (χ3n) is 2.11. The smallest absolute Gasteiger partial charge is 0.290 e. The molecule has 0 aliphatic heterocycles. The first-order valence-electron chi connectivity index (χ1n) is 5.12. The number of nitrogens with zero attached hydrogens (tertiary/aromatic N) is 1. The Morgan fingerprint density at radius 2 is 2.12 bits per heavy atom. The summed E-state index contributed by atoms with van der Waals surface area (Å²) in [7, 11) is 1.38. The maximum atomic E-state index is 11.3. The van der Waals surface area contributed by atoms with E-state index in [0.717, 1.165) is 11.3 Å². The molecule has 0 bridgehead atoms. The molecule has 1 aromatic rings. The van der Waals surface area contributed by atoms with Gasteiger partial charge in [0, 0.05) is 5.69 Å². The Morgan fingerprint density at radius 1 is 1.44 bits per heavy atom. The molecule has 1 heterocycles. The number of urea groups is 1. The van der Waals surface area contributed by atoms with E-state index in [0.29, 0.717) is 11.7 Å². The topological polar surface area (TPSA) is 63.2 Å². The SMILES string of the molecule is CONC(=O)Nc1nc(C)ccc1C(C)C. The summed E-state index contributed by atoms with van der Waals surface area (Å²) >= 11 is 0. The van der Waals surface area contributed by atoms with Crippen molar-refractivity contribution in [1.82, 2.24) is 10.5 Å². The zero-order valence-electron chi connectivity index (χ0n) is 10.00. The quantitative estimate of drug-likeness (QED) is 0.772. The molecule has 0 saturated carbocycles. The summed E-state index contributed by atoms with van der Waals surface area (Å²) in [6.45, 7) is 5.97. The lowest BCUT2D eigenvalue weighted by atomic mass is 10.0. The minimum absolute atomic E-state index is 0.297. The number of amides is 2. The van der Waals surface area contributed by atoms with Gasteiger partial charge in [-0.15, -0.1) is 0 Å². The minimum atomic E-state index is -0.428. The number of hydrogen-bond donors (Lipinski definition) is 2. The molecule has 0 aromatic carbocycles. The average Bonchev–Trinajstić information content (AvgIpc) is 2.17. The van der Waals surface area contributed by atoms with E-state index in [1.807, 2.05) is 32.9 Å². The summed E-state index contributed by atoms with van der Waals surface area (Å²) in [5, 5.41) is 2.65. The Hall–Kier alpha value is -1.62. The molecule has 0 spiro atoms. The van der Waals surface area contributed by atoms with Crippen LogP contribution in [0.5, 0.6) is 0 Å². The Balaban J connectivity index is 2.92. The van der Waals surface area contributed by atoms with E-state index in [1.165, 1.54) is 7.11 Å². The summed E-state index contributed by atoms with van der Waals surface area (Å²) in [4.78, 5) is 20.1. The van der Waals surface area contributed by atoms with Crippen LogP contribution in [0, 0.1) is 6.92 Å². The van der Waals surface area contributed by atoms with Crippen LogP contribution in [0.25, 0.3) is 0 Å². The van der Waals surface area contributed by atoms with Crippen molar-refractivity contribution in [2.45, 2.75) is 26.7 Å². The molecule has 5 heteroatoms. The molecule has 16 heavy (non-hydrogen) atoms. The van der Waals surface area contributed by atoms with Crippen LogP contribution in [0.1, 0.15) is 31.0 Å². The fraction of sp³-hybridized carbons (Fsp3) is 0.455. The maximum absolute atomic E-state index is 11.3. The fourth-order valence-electron chi connectivity index (χ4n) is 1.36. The van der Waals surface area contributed by atoms with Crippen LogP contribution in [0.4, 0.5) is 10.6 Å². The van der Waals surface area contributed by atoms with Crippen molar-refractivity contribution < 1.29 is 9.63 Å². The lowest BCUT2D eigenvalue weighted by Gasteiger charge is -2.13. The van der Waals surface area contributed by atoms with Crippen molar-refractivity contribution in [1.29, 1.82) is 0 Å². The van der Waals surface area contributed by atoms with Crippen molar-refractivity contribution in [3.8, 4) is 0 Å². The van der Waals surface area contributed by atoms with E-state index >= 15 is 0 Å². The monoisotopic (exact) mass is 223 g/mol. The highest BCUT2D eigenvalue weighted by atomic mass is 16.6. The first-order valence-corrected chi connectivity index (χ1v) is 5.12. The first-order chi connectivity index (χ1) is 7.54. The van der Waals surface area contributed by atoms with Gasteiger partial charge in [-0.3, -0.25) is 10.2 Å². The van der Waals surface area contributed by atoms with Gasteiger partial charge in [0.1, 0.15) is 5.82 Å². The molecule has 0 aliphatic rings. The van der Waals surface area contributed by atoms with Gasteiger partial charge in [-0.05, 0) is 24.5 Å². The van der Waals surface area contributed by atoms with Crippen molar-refractivity contribution in [3.63, 3.8) is 0 Å². The van der Waals surface area contributed by atoms with Crippen LogP contribution in [0.2, 0.25) is 0 Å². The predicted molar refractivity (Wildman–Crippen MR) is 62.2 cm³/mol. The van der Waals surface area contributed by atoms with Crippen molar-refractivity contribution in [3.05, 3.63) is 23.4 Å². The summed E-state index contributed by atoms with van der Waals surface area (Å²) < 4.78 is 0. The van der Waals surface area contributed by atoms with E-state index in [9.17, 15) is 4.79 Å². The highest BCUT2D eigenvalue weighted by Gasteiger charge is 2.10. The van der Waals surface area contributed by atoms with Crippen LogP contribution in [-0.2, 0) is 4.84 Å². The molecular weight excluding hydrogens is 206 g/mol. The van der Waals surface area contributed by atoms with Crippen LogP contribution in [0.15, 0.2) is 12.1 Å². The number of rotatable bonds is 3. The van der Waals surface area contributed by atoms with Crippen molar-refractivity contribution in [2.75, 3.05) is 12.4 Å². The summed E-state index contributed by atoms with van der Waals surface area (Å²) in [6, 6.07) is 3.46. The molecule has 2 N–H and O–H groups in total. The van der Waals surface area contributed by atoms with Crippen LogP contribution < -0.4 is 10.8 Å². The van der Waals surface area contributed by atoms with E-state index in [2.05, 4.69) is 20.6 Å².